The van der Waals surface area contributed by atoms with Gasteiger partial charge in [0.2, 0.25) is 0 Å². The number of hydrogen-bond acceptors (Lipinski definition) is 2. The van der Waals surface area contributed by atoms with Crippen molar-refractivity contribution in [1.29, 1.82) is 0 Å². The van der Waals surface area contributed by atoms with Gasteiger partial charge in [0.25, 0.3) is 0 Å². The number of nitrogens with one attached hydrogen (secondary N) is 2. The van der Waals surface area contributed by atoms with Crippen LogP contribution in [0.25, 0.3) is 0 Å². The summed E-state index contributed by atoms with van der Waals surface area (Å²) < 4.78 is 0. The predicted molar refractivity (Wildman–Crippen MR) is 37.2 cm³/mol. The van der Waals surface area contributed by atoms with Gasteiger partial charge in [0.1, 0.15) is 0 Å². The molecule has 0 aliphatic heterocycles. The molecule has 0 aliphatic rings. The van der Waals surface area contributed by atoms with Crippen molar-refractivity contribution in [3.05, 3.63) is 37.4 Å². The van der Waals surface area contributed by atoms with Crippen molar-refractivity contribution in [2.24, 2.45) is 0 Å². The van der Waals surface area contributed by atoms with E-state index in [1.54, 1.807) is 37.4 Å². The van der Waals surface area contributed by atoms with Crippen LogP contribution in [0.15, 0.2) is 37.4 Å². The summed E-state index contributed by atoms with van der Waals surface area (Å²) in [6.45, 7) is 0. The van der Waals surface area contributed by atoms with Gasteiger partial charge in [-0.3, -0.25) is 0 Å². The van der Waals surface area contributed by atoms with Crippen molar-refractivity contribution in [3.8, 4) is 0 Å². The van der Waals surface area contributed by atoms with E-state index in [4.69, 9.17) is 0 Å². The van der Waals surface area contributed by atoms with E-state index < -0.39 is 0 Å². The Bertz CT molecular complexity index is 166. The van der Waals surface area contributed by atoms with E-state index >= 15 is 0 Å². The Labute approximate surface area is 126 Å². The van der Waals surface area contributed by atoms with Gasteiger partial charge in [0, 0.05) is 24.8 Å². The minimum Gasteiger partial charge on any atom is -1.00 e. The van der Waals surface area contributed by atoms with Crippen molar-refractivity contribution >= 4 is 0 Å². The Morgan fingerprint density at radius 3 is 1.07 bits per heavy atom. The van der Waals surface area contributed by atoms with Crippen molar-refractivity contribution < 1.29 is 69.1 Å². The molecule has 0 amide bonds. The molecule has 0 radical (unpaired) electrons. The summed E-state index contributed by atoms with van der Waals surface area (Å²) in [5.74, 6) is 0. The van der Waals surface area contributed by atoms with Gasteiger partial charge in [0.05, 0.1) is 12.7 Å². The van der Waals surface area contributed by atoms with Crippen LogP contribution < -0.4 is 49.6 Å². The van der Waals surface area contributed by atoms with Crippen LogP contribution in [0.4, 0.5) is 0 Å². The molecule has 2 aromatic rings. The monoisotopic (exact) mass is 378 g/mol. The Morgan fingerprint density at radius 2 is 1.00 bits per heavy atom. The topological polar surface area (TPSA) is 57.4 Å². The molecule has 2 N–H and O–H groups in total. The van der Waals surface area contributed by atoms with Gasteiger partial charge in [0.15, 0.2) is 0 Å². The number of halogens is 4. The summed E-state index contributed by atoms with van der Waals surface area (Å²) in [4.78, 5) is 12.8. The summed E-state index contributed by atoms with van der Waals surface area (Å²) in [6.07, 6.45) is 10.2. The quantitative estimate of drug-likeness (QED) is 0.447. The number of hydrogen-bond donors (Lipinski definition) is 2. The van der Waals surface area contributed by atoms with E-state index in [9.17, 15) is 0 Å². The number of aromatic nitrogens is 4. The van der Waals surface area contributed by atoms with E-state index in [1.807, 2.05) is 0 Å². The molecule has 0 bridgehead atoms. The predicted octanol–water partition coefficient (Wildman–Crippen LogP) is -11.2. The van der Waals surface area contributed by atoms with E-state index in [0.717, 1.165) is 0 Å². The molecule has 2 aromatic heterocycles. The molecule has 15 heavy (non-hydrogen) atoms. The van der Waals surface area contributed by atoms with Crippen molar-refractivity contribution in [2.75, 3.05) is 0 Å². The second-order valence-electron chi connectivity index (χ2n) is 1.52. The first-order valence-corrected chi connectivity index (χ1v) is 2.85. The Morgan fingerprint density at radius 1 is 0.667 bits per heavy atom. The molecule has 0 aliphatic carbocycles. The standard InChI is InChI=1S/2C3H4N2.4ClH.Ru/c2*1-2-5-3-4-1;;;;;/h2*1-3H,(H,4,5);4*1H;/q;;;;;;+4/p-4. The molecule has 88 valence electrons. The Balaban J connectivity index is -0.0000000333. The molecule has 4 nitrogen and oxygen atoms in total. The second-order valence-corrected chi connectivity index (χ2v) is 1.52. The molecule has 2 rings (SSSR count). The SMILES string of the molecule is [Cl-].[Cl-].[Cl-].[Cl-].[Ru+4].c1c[nH]cn1.c1c[nH]cn1. The molecular formula is C6H8Cl4N4Ru. The maximum atomic E-state index is 3.67. The largest absolute Gasteiger partial charge is 4.00 e. The van der Waals surface area contributed by atoms with Crippen LogP contribution >= 0.6 is 0 Å². The van der Waals surface area contributed by atoms with Crippen LogP contribution in [0.5, 0.6) is 0 Å². The van der Waals surface area contributed by atoms with Crippen LogP contribution in [0.2, 0.25) is 0 Å². The second kappa shape index (κ2) is 23.8. The molecule has 0 aromatic carbocycles. The normalized spacial score (nSPS) is 5.33. The van der Waals surface area contributed by atoms with Crippen LogP contribution in [0.3, 0.4) is 0 Å². The third-order valence-electron chi connectivity index (χ3n) is 0.812. The zero-order valence-electron chi connectivity index (χ0n) is 7.22. The number of H-pyrrole nitrogens is 2. The van der Waals surface area contributed by atoms with Crippen LogP contribution in [-0.2, 0) is 19.5 Å². The van der Waals surface area contributed by atoms with Gasteiger partial charge in [-0.05, 0) is 0 Å². The summed E-state index contributed by atoms with van der Waals surface area (Å²) >= 11 is 0. The van der Waals surface area contributed by atoms with Crippen LogP contribution in [-0.4, -0.2) is 19.9 Å². The van der Waals surface area contributed by atoms with E-state index in [-0.39, 0.29) is 69.1 Å². The Hall–Kier alpha value is 0.203. The molecule has 0 unspecified atom stereocenters. The summed E-state index contributed by atoms with van der Waals surface area (Å²) in [5, 5.41) is 0. The van der Waals surface area contributed by atoms with Gasteiger partial charge in [-0.1, -0.05) is 0 Å². The average Bonchev–Trinajstić information content (AvgIpc) is 2.67. The minimum absolute atomic E-state index is 0. The third kappa shape index (κ3) is 20.3. The van der Waals surface area contributed by atoms with Crippen molar-refractivity contribution in [2.45, 2.75) is 0 Å². The van der Waals surface area contributed by atoms with Gasteiger partial charge in [-0.2, -0.15) is 0 Å². The number of rotatable bonds is 0. The summed E-state index contributed by atoms with van der Waals surface area (Å²) in [6, 6.07) is 0. The molecule has 0 saturated carbocycles. The van der Waals surface area contributed by atoms with Crippen LogP contribution in [0, 0.1) is 0 Å². The number of imidazole rings is 2. The fourth-order valence-corrected chi connectivity index (χ4v) is 0.430. The molecular weight excluding hydrogens is 371 g/mol. The van der Waals surface area contributed by atoms with Crippen molar-refractivity contribution in [3.63, 3.8) is 0 Å². The smallest absolute Gasteiger partial charge is 1.00 e. The number of aromatic amines is 2. The first-order valence-electron chi connectivity index (χ1n) is 2.85. The Kier molecular flexibility index (Phi) is 46.7. The van der Waals surface area contributed by atoms with Gasteiger partial charge in [-0.15, -0.1) is 0 Å². The number of nitrogens with zero attached hydrogens (tertiary/aromatic N) is 2. The van der Waals surface area contributed by atoms with Gasteiger partial charge < -0.3 is 59.6 Å². The molecule has 2 heterocycles. The van der Waals surface area contributed by atoms with E-state index in [1.165, 1.54) is 0 Å². The van der Waals surface area contributed by atoms with Gasteiger partial charge >= 0.3 is 19.5 Å². The fraction of sp³-hybridized carbons (Fsp3) is 0. The van der Waals surface area contributed by atoms with E-state index in [2.05, 4.69) is 19.9 Å². The van der Waals surface area contributed by atoms with Crippen molar-refractivity contribution in [1.82, 2.24) is 19.9 Å². The first kappa shape index (κ1) is 29.5. The van der Waals surface area contributed by atoms with Crippen LogP contribution in [0.1, 0.15) is 0 Å². The zero-order chi connectivity index (χ0) is 7.07. The molecule has 0 saturated heterocycles. The molecule has 0 atom stereocenters. The maximum Gasteiger partial charge on any atom is 4.00 e. The molecule has 9 heteroatoms. The minimum atomic E-state index is 0. The summed E-state index contributed by atoms with van der Waals surface area (Å²) in [5.41, 5.74) is 0. The fourth-order valence-electron chi connectivity index (χ4n) is 0.430. The first-order chi connectivity index (χ1) is 5.00. The summed E-state index contributed by atoms with van der Waals surface area (Å²) in [7, 11) is 0. The molecule has 0 fully saturated rings. The zero-order valence-corrected chi connectivity index (χ0v) is 12.0. The molecule has 0 spiro atoms. The van der Waals surface area contributed by atoms with E-state index in [0.29, 0.717) is 0 Å². The van der Waals surface area contributed by atoms with Gasteiger partial charge in [-0.25, -0.2) is 9.97 Å². The third-order valence-corrected chi connectivity index (χ3v) is 0.812. The average molecular weight is 379 g/mol. The maximum absolute atomic E-state index is 3.67.